The predicted molar refractivity (Wildman–Crippen MR) is 96.3 cm³/mol. The third kappa shape index (κ3) is 3.15. The first-order valence-electron chi connectivity index (χ1n) is 8.65. The molecule has 0 aliphatic carbocycles. The van der Waals surface area contributed by atoms with Gasteiger partial charge in [-0.2, -0.15) is 0 Å². The second-order valence-electron chi connectivity index (χ2n) is 6.50. The summed E-state index contributed by atoms with van der Waals surface area (Å²) in [7, 11) is 2.06. The normalized spacial score (nSPS) is 17.2. The fraction of sp³-hybridized carbons (Fsp3) is 0.263. The predicted octanol–water partition coefficient (Wildman–Crippen LogP) is 1.20. The molecule has 8 heteroatoms. The first-order valence-corrected chi connectivity index (χ1v) is 8.65. The summed E-state index contributed by atoms with van der Waals surface area (Å²) >= 11 is 0. The smallest absolute Gasteiger partial charge is 0.354 e. The Kier molecular flexibility index (Phi) is 4.33. The summed E-state index contributed by atoms with van der Waals surface area (Å²) in [6, 6.07) is 11.4. The number of rotatable bonds is 3. The maximum Gasteiger partial charge on any atom is 0.382 e. The van der Waals surface area contributed by atoms with Crippen molar-refractivity contribution >= 4 is 23.6 Å². The van der Waals surface area contributed by atoms with Gasteiger partial charge in [0.2, 0.25) is 0 Å². The van der Waals surface area contributed by atoms with Crippen molar-refractivity contribution in [3.63, 3.8) is 0 Å². The molecule has 2 amide bonds. The first-order chi connectivity index (χ1) is 13.0. The Morgan fingerprint density at radius 3 is 2.19 bits per heavy atom. The number of anilines is 1. The number of hydroxylamine groups is 2. The molecule has 0 bridgehead atoms. The minimum absolute atomic E-state index is 0.0444. The van der Waals surface area contributed by atoms with E-state index in [9.17, 15) is 14.4 Å². The van der Waals surface area contributed by atoms with Crippen molar-refractivity contribution in [3.8, 4) is 0 Å². The topological polar surface area (TPSA) is 83.0 Å². The largest absolute Gasteiger partial charge is 0.382 e. The summed E-state index contributed by atoms with van der Waals surface area (Å²) in [6.07, 6.45) is 0. The van der Waals surface area contributed by atoms with Crippen molar-refractivity contribution in [2.75, 3.05) is 38.1 Å². The summed E-state index contributed by atoms with van der Waals surface area (Å²) in [5, 5.41) is 0.497. The average Bonchev–Trinajstić information content (AvgIpc) is 2.94. The molecule has 1 aromatic heterocycles. The molecule has 8 nitrogen and oxygen atoms in total. The summed E-state index contributed by atoms with van der Waals surface area (Å²) in [6.45, 7) is 3.43. The lowest BCUT2D eigenvalue weighted by molar-refractivity contribution is -0.0588. The second-order valence-corrected chi connectivity index (χ2v) is 6.50. The number of hydrogen-bond acceptors (Lipinski definition) is 7. The van der Waals surface area contributed by atoms with Crippen LogP contribution in [-0.4, -0.2) is 66.0 Å². The molecule has 2 aliphatic rings. The monoisotopic (exact) mass is 366 g/mol. The van der Waals surface area contributed by atoms with Gasteiger partial charge >= 0.3 is 5.97 Å². The lowest BCUT2D eigenvalue weighted by Crippen LogP contribution is -2.44. The van der Waals surface area contributed by atoms with Crippen molar-refractivity contribution in [1.29, 1.82) is 0 Å². The van der Waals surface area contributed by atoms with Gasteiger partial charge in [-0.05, 0) is 31.3 Å². The van der Waals surface area contributed by atoms with Crippen LogP contribution in [0, 0.1) is 0 Å². The van der Waals surface area contributed by atoms with Crippen LogP contribution in [0.5, 0.6) is 0 Å². The number of hydrogen-bond donors (Lipinski definition) is 0. The molecule has 0 spiro atoms. The van der Waals surface area contributed by atoms with E-state index in [1.54, 1.807) is 18.2 Å². The van der Waals surface area contributed by atoms with Crippen molar-refractivity contribution in [2.45, 2.75) is 0 Å². The fourth-order valence-corrected chi connectivity index (χ4v) is 3.13. The maximum atomic E-state index is 12.5. The average molecular weight is 366 g/mol. The number of piperazine rings is 1. The number of nitrogens with zero attached hydrogens (tertiary/aromatic N) is 4. The quantitative estimate of drug-likeness (QED) is 0.755. The molecule has 1 saturated heterocycles. The van der Waals surface area contributed by atoms with E-state index in [4.69, 9.17) is 4.84 Å². The molecule has 0 unspecified atom stereocenters. The number of aromatic nitrogens is 1. The lowest BCUT2D eigenvalue weighted by Gasteiger charge is -2.33. The minimum Gasteiger partial charge on any atom is -0.354 e. The number of amides is 2. The van der Waals surface area contributed by atoms with Gasteiger partial charge in [0.1, 0.15) is 5.82 Å². The third-order valence-corrected chi connectivity index (χ3v) is 4.70. The van der Waals surface area contributed by atoms with Gasteiger partial charge in [0.15, 0.2) is 5.69 Å². The number of imide groups is 1. The van der Waals surface area contributed by atoms with E-state index < -0.39 is 17.8 Å². The van der Waals surface area contributed by atoms with Gasteiger partial charge in [-0.25, -0.2) is 9.78 Å². The molecule has 1 fully saturated rings. The van der Waals surface area contributed by atoms with Gasteiger partial charge < -0.3 is 14.6 Å². The molecule has 3 heterocycles. The van der Waals surface area contributed by atoms with E-state index in [-0.39, 0.29) is 16.8 Å². The highest BCUT2D eigenvalue weighted by atomic mass is 16.7. The van der Waals surface area contributed by atoms with Gasteiger partial charge in [-0.3, -0.25) is 9.59 Å². The highest BCUT2D eigenvalue weighted by Gasteiger charge is 2.39. The van der Waals surface area contributed by atoms with Crippen LogP contribution in [0.1, 0.15) is 31.2 Å². The summed E-state index contributed by atoms with van der Waals surface area (Å²) in [5.41, 5.74) is 0.479. The van der Waals surface area contributed by atoms with Crippen LogP contribution in [0.25, 0.3) is 0 Å². The zero-order valence-corrected chi connectivity index (χ0v) is 14.8. The molecule has 4 rings (SSSR count). The molecule has 2 aromatic rings. The standard InChI is InChI=1S/C19H18N4O4/c1-21-9-11-22(12-10-21)16-8-4-7-15(20-16)19(26)27-23-17(24)13-5-2-3-6-14(13)18(23)25/h2-8H,9-12H2,1H3. The summed E-state index contributed by atoms with van der Waals surface area (Å²) in [4.78, 5) is 50.8. The van der Waals surface area contributed by atoms with Gasteiger partial charge in [-0.15, -0.1) is 0 Å². The number of benzene rings is 1. The van der Waals surface area contributed by atoms with Crippen molar-refractivity contribution in [2.24, 2.45) is 0 Å². The van der Waals surface area contributed by atoms with E-state index in [1.165, 1.54) is 18.2 Å². The van der Waals surface area contributed by atoms with Gasteiger partial charge in [0.05, 0.1) is 11.1 Å². The van der Waals surface area contributed by atoms with Crippen LogP contribution in [0.4, 0.5) is 5.82 Å². The minimum atomic E-state index is -0.847. The number of likely N-dealkylation sites (N-methyl/N-ethyl adjacent to an activating group) is 1. The number of carbonyl (C=O) groups is 3. The molecule has 27 heavy (non-hydrogen) atoms. The van der Waals surface area contributed by atoms with E-state index >= 15 is 0 Å². The van der Waals surface area contributed by atoms with E-state index in [2.05, 4.69) is 21.8 Å². The molecule has 0 saturated carbocycles. The van der Waals surface area contributed by atoms with E-state index in [0.29, 0.717) is 10.9 Å². The van der Waals surface area contributed by atoms with Crippen molar-refractivity contribution in [1.82, 2.24) is 14.9 Å². The zero-order valence-electron chi connectivity index (χ0n) is 14.8. The van der Waals surface area contributed by atoms with E-state index in [0.717, 1.165) is 26.2 Å². The Bertz CT molecular complexity index is 886. The van der Waals surface area contributed by atoms with Crippen LogP contribution in [0.3, 0.4) is 0 Å². The summed E-state index contributed by atoms with van der Waals surface area (Å²) < 4.78 is 0. The SMILES string of the molecule is CN1CCN(c2cccc(C(=O)ON3C(=O)c4ccccc4C3=O)n2)CC1. The second kappa shape index (κ2) is 6.81. The van der Waals surface area contributed by atoms with Gasteiger partial charge in [-0.1, -0.05) is 23.3 Å². The Hall–Kier alpha value is -3.26. The third-order valence-electron chi connectivity index (χ3n) is 4.70. The van der Waals surface area contributed by atoms with Gasteiger partial charge in [0, 0.05) is 26.2 Å². The van der Waals surface area contributed by atoms with Gasteiger partial charge in [0.25, 0.3) is 11.8 Å². The molecular formula is C19H18N4O4. The van der Waals surface area contributed by atoms with E-state index in [1.807, 2.05) is 6.07 Å². The number of pyridine rings is 1. The Balaban J connectivity index is 1.50. The maximum absolute atomic E-state index is 12.5. The Morgan fingerprint density at radius 2 is 1.56 bits per heavy atom. The Labute approximate surface area is 155 Å². The van der Waals surface area contributed by atoms with Crippen LogP contribution in [0.15, 0.2) is 42.5 Å². The number of carbonyl (C=O) groups excluding carboxylic acids is 3. The molecular weight excluding hydrogens is 348 g/mol. The molecule has 0 N–H and O–H groups in total. The number of fused-ring (bicyclic) bond motifs is 1. The van der Waals surface area contributed by atoms with Crippen LogP contribution >= 0.6 is 0 Å². The molecule has 1 aromatic carbocycles. The molecule has 0 radical (unpaired) electrons. The molecule has 2 aliphatic heterocycles. The molecule has 138 valence electrons. The fourth-order valence-electron chi connectivity index (χ4n) is 3.13. The molecule has 0 atom stereocenters. The lowest BCUT2D eigenvalue weighted by atomic mass is 10.1. The van der Waals surface area contributed by atoms with Crippen molar-refractivity contribution in [3.05, 3.63) is 59.3 Å². The van der Waals surface area contributed by atoms with Crippen LogP contribution in [0.2, 0.25) is 0 Å². The highest BCUT2D eigenvalue weighted by molar-refractivity contribution is 6.21. The van der Waals surface area contributed by atoms with Crippen LogP contribution in [-0.2, 0) is 4.84 Å². The van der Waals surface area contributed by atoms with Crippen molar-refractivity contribution < 1.29 is 19.2 Å². The summed E-state index contributed by atoms with van der Waals surface area (Å²) in [5.74, 6) is -1.49. The first kappa shape index (κ1) is 17.2. The van der Waals surface area contributed by atoms with Crippen LogP contribution < -0.4 is 4.90 Å². The zero-order chi connectivity index (χ0) is 19.0. The highest BCUT2D eigenvalue weighted by Crippen LogP contribution is 2.23. The Morgan fingerprint density at radius 1 is 0.926 bits per heavy atom.